The zero-order chi connectivity index (χ0) is 22.6. The molecular weight excluding hydrogens is 428 g/mol. The van der Waals surface area contributed by atoms with Crippen LogP contribution in [0, 0.1) is 0 Å². The third-order valence-electron chi connectivity index (χ3n) is 6.31. The number of benzene rings is 2. The number of piperidine rings is 1. The molecule has 2 fully saturated rings. The van der Waals surface area contributed by atoms with Crippen molar-refractivity contribution in [3.63, 3.8) is 0 Å². The number of carbonyl (C=O) groups excluding carboxylic acids is 1. The third-order valence-corrected chi connectivity index (χ3v) is 6.54. The molecule has 7 heteroatoms. The van der Waals surface area contributed by atoms with E-state index in [9.17, 15) is 9.90 Å². The maximum Gasteiger partial charge on any atom is 0.253 e. The van der Waals surface area contributed by atoms with Crippen LogP contribution in [0.1, 0.15) is 36.5 Å². The van der Waals surface area contributed by atoms with Crippen LogP contribution in [0.3, 0.4) is 0 Å². The Balaban J connectivity index is 1.34. The molecule has 1 amide bonds. The molecule has 2 aromatic carbocycles. The number of nitrogens with zero attached hydrogens (tertiary/aromatic N) is 2. The Morgan fingerprint density at radius 3 is 2.59 bits per heavy atom. The van der Waals surface area contributed by atoms with Gasteiger partial charge in [0.1, 0.15) is 29.8 Å². The summed E-state index contributed by atoms with van der Waals surface area (Å²) in [6.45, 7) is 6.41. The minimum atomic E-state index is -1.04. The van der Waals surface area contributed by atoms with Crippen LogP contribution in [0.5, 0.6) is 11.5 Å². The van der Waals surface area contributed by atoms with E-state index in [2.05, 4.69) is 4.90 Å². The lowest BCUT2D eigenvalue weighted by atomic mass is 9.90. The van der Waals surface area contributed by atoms with Gasteiger partial charge in [0.2, 0.25) is 0 Å². The summed E-state index contributed by atoms with van der Waals surface area (Å²) in [7, 11) is 0. The molecule has 1 N–H and O–H groups in total. The van der Waals surface area contributed by atoms with Crippen molar-refractivity contribution in [1.29, 1.82) is 0 Å². The second-order valence-electron chi connectivity index (χ2n) is 8.84. The number of ether oxygens (including phenoxy) is 2. The first kappa shape index (κ1) is 22.9. The number of halogens is 1. The number of likely N-dealkylation sites (tertiary alicyclic amines) is 2. The van der Waals surface area contributed by atoms with Gasteiger partial charge in [-0.3, -0.25) is 9.69 Å². The summed E-state index contributed by atoms with van der Waals surface area (Å²) in [5.74, 6) is 1.26. The normalized spacial score (nSPS) is 23.8. The summed E-state index contributed by atoms with van der Waals surface area (Å²) < 4.78 is 11.9. The Labute approximate surface area is 194 Å². The fourth-order valence-corrected chi connectivity index (χ4v) is 4.42. The smallest absolute Gasteiger partial charge is 0.253 e. The van der Waals surface area contributed by atoms with Gasteiger partial charge in [-0.2, -0.15) is 0 Å². The minimum absolute atomic E-state index is 0.0798. The summed E-state index contributed by atoms with van der Waals surface area (Å²) in [6.07, 6.45) is 2.43. The predicted octanol–water partition coefficient (Wildman–Crippen LogP) is 3.86. The van der Waals surface area contributed by atoms with Crippen LogP contribution >= 0.6 is 11.6 Å². The number of hydrogen-bond acceptors (Lipinski definition) is 5. The molecule has 4 rings (SSSR count). The van der Waals surface area contributed by atoms with E-state index < -0.39 is 11.7 Å². The highest BCUT2D eigenvalue weighted by Gasteiger charge is 2.41. The second-order valence-corrected chi connectivity index (χ2v) is 9.28. The van der Waals surface area contributed by atoms with E-state index in [1.54, 1.807) is 48.2 Å². The Hall–Kier alpha value is -2.28. The number of amides is 1. The molecule has 0 radical (unpaired) electrons. The molecule has 0 unspecified atom stereocenters. The lowest BCUT2D eigenvalue weighted by Crippen LogP contribution is -2.57. The molecule has 172 valence electrons. The maximum absolute atomic E-state index is 13.1. The molecule has 0 bridgehead atoms. The molecule has 0 spiro atoms. The zero-order valence-corrected chi connectivity index (χ0v) is 19.3. The molecule has 2 aromatic rings. The van der Waals surface area contributed by atoms with Crippen molar-refractivity contribution < 1.29 is 19.4 Å². The van der Waals surface area contributed by atoms with Gasteiger partial charge in [0.05, 0.1) is 6.54 Å². The topological polar surface area (TPSA) is 62.2 Å². The number of hydrogen-bond donors (Lipinski definition) is 1. The lowest BCUT2D eigenvalue weighted by Gasteiger charge is -2.42. The molecular formula is C25H31ClN2O4. The summed E-state index contributed by atoms with van der Waals surface area (Å²) in [5.41, 5.74) is -0.438. The average molecular weight is 459 g/mol. The van der Waals surface area contributed by atoms with Gasteiger partial charge in [-0.15, -0.1) is 0 Å². The maximum atomic E-state index is 13.1. The molecule has 2 aliphatic heterocycles. The Kier molecular flexibility index (Phi) is 7.23. The van der Waals surface area contributed by atoms with Gasteiger partial charge < -0.3 is 19.5 Å². The fourth-order valence-electron chi connectivity index (χ4n) is 4.24. The highest BCUT2D eigenvalue weighted by Crippen LogP contribution is 2.29. The summed E-state index contributed by atoms with van der Waals surface area (Å²) in [4.78, 5) is 17.2. The van der Waals surface area contributed by atoms with E-state index in [0.717, 1.165) is 25.4 Å². The first-order valence-electron chi connectivity index (χ1n) is 11.3. The van der Waals surface area contributed by atoms with Crippen LogP contribution in [-0.2, 0) is 0 Å². The largest absolute Gasteiger partial charge is 0.492 e. The summed E-state index contributed by atoms with van der Waals surface area (Å²) in [5, 5.41) is 11.4. The number of rotatable bonds is 7. The molecule has 0 aromatic heterocycles. The molecule has 0 aliphatic carbocycles. The highest BCUT2D eigenvalue weighted by molar-refractivity contribution is 6.30. The van der Waals surface area contributed by atoms with Gasteiger partial charge in [0.25, 0.3) is 5.91 Å². The van der Waals surface area contributed by atoms with E-state index in [1.807, 2.05) is 12.1 Å². The molecule has 2 saturated heterocycles. The van der Waals surface area contributed by atoms with Crippen molar-refractivity contribution in [2.75, 3.05) is 39.3 Å². The Bertz CT molecular complexity index is 912. The SMILES string of the molecule is C[C@]1(O)CCN(C(=O)c2ccc(OCCN3CCCC3)cc2)C[C@@H]1Oc1cccc(Cl)c1. The first-order chi connectivity index (χ1) is 15.4. The van der Waals surface area contributed by atoms with Crippen LogP contribution in [-0.4, -0.2) is 71.8 Å². The first-order valence-corrected chi connectivity index (χ1v) is 11.7. The van der Waals surface area contributed by atoms with E-state index in [0.29, 0.717) is 42.5 Å². The van der Waals surface area contributed by atoms with Crippen LogP contribution in [0.4, 0.5) is 0 Å². The van der Waals surface area contributed by atoms with Crippen LogP contribution in [0.2, 0.25) is 5.02 Å². The second kappa shape index (κ2) is 10.1. The van der Waals surface area contributed by atoms with Gasteiger partial charge in [0.15, 0.2) is 0 Å². The third kappa shape index (κ3) is 5.74. The van der Waals surface area contributed by atoms with Gasteiger partial charge in [-0.25, -0.2) is 0 Å². The number of carbonyl (C=O) groups is 1. The molecule has 32 heavy (non-hydrogen) atoms. The van der Waals surface area contributed by atoms with Crippen molar-refractivity contribution in [3.8, 4) is 11.5 Å². The van der Waals surface area contributed by atoms with E-state index >= 15 is 0 Å². The minimum Gasteiger partial charge on any atom is -0.492 e. The Morgan fingerprint density at radius 2 is 1.88 bits per heavy atom. The highest BCUT2D eigenvalue weighted by atomic mass is 35.5. The lowest BCUT2D eigenvalue weighted by molar-refractivity contribution is -0.0881. The quantitative estimate of drug-likeness (QED) is 0.682. The Morgan fingerprint density at radius 1 is 1.12 bits per heavy atom. The molecule has 0 saturated carbocycles. The zero-order valence-electron chi connectivity index (χ0n) is 18.5. The van der Waals surface area contributed by atoms with Crippen molar-refractivity contribution in [2.24, 2.45) is 0 Å². The van der Waals surface area contributed by atoms with Crippen molar-refractivity contribution in [3.05, 3.63) is 59.1 Å². The standard InChI is InChI=1S/C25H31ClN2O4/c1-25(30)11-14-28(18-23(25)32-22-6-4-5-20(26)17-22)24(29)19-7-9-21(10-8-19)31-16-15-27-12-2-3-13-27/h4-10,17,23,30H,2-3,11-16,18H2,1H3/t23-,25-/m0/s1. The van der Waals surface area contributed by atoms with Crippen LogP contribution in [0.15, 0.2) is 48.5 Å². The summed E-state index contributed by atoms with van der Waals surface area (Å²) >= 11 is 6.05. The van der Waals surface area contributed by atoms with Crippen LogP contribution in [0.25, 0.3) is 0 Å². The number of aliphatic hydroxyl groups is 1. The fraction of sp³-hybridized carbons (Fsp3) is 0.480. The summed E-state index contributed by atoms with van der Waals surface area (Å²) in [6, 6.07) is 14.4. The van der Waals surface area contributed by atoms with Crippen LogP contribution < -0.4 is 9.47 Å². The molecule has 2 heterocycles. The average Bonchev–Trinajstić information content (AvgIpc) is 3.29. The van der Waals surface area contributed by atoms with Gasteiger partial charge in [-0.05, 0) is 81.7 Å². The molecule has 2 aliphatic rings. The molecule has 6 nitrogen and oxygen atoms in total. The van der Waals surface area contributed by atoms with E-state index in [4.69, 9.17) is 21.1 Å². The predicted molar refractivity (Wildman–Crippen MR) is 125 cm³/mol. The monoisotopic (exact) mass is 458 g/mol. The van der Waals surface area contributed by atoms with Crippen molar-refractivity contribution in [2.45, 2.75) is 37.9 Å². The molecule has 2 atom stereocenters. The van der Waals surface area contributed by atoms with Gasteiger partial charge >= 0.3 is 0 Å². The van der Waals surface area contributed by atoms with Gasteiger partial charge in [-0.1, -0.05) is 17.7 Å². The van der Waals surface area contributed by atoms with Crippen molar-refractivity contribution in [1.82, 2.24) is 9.80 Å². The van der Waals surface area contributed by atoms with E-state index in [1.165, 1.54) is 12.8 Å². The van der Waals surface area contributed by atoms with E-state index in [-0.39, 0.29) is 5.91 Å². The van der Waals surface area contributed by atoms with Gasteiger partial charge in [0, 0.05) is 23.7 Å². The van der Waals surface area contributed by atoms with Crippen molar-refractivity contribution >= 4 is 17.5 Å².